The van der Waals surface area contributed by atoms with E-state index < -0.39 is 5.97 Å². The Morgan fingerprint density at radius 2 is 2.04 bits per heavy atom. The smallest absolute Gasteiger partial charge is 0.358 e. The molecule has 0 radical (unpaired) electrons. The van der Waals surface area contributed by atoms with E-state index in [1.54, 1.807) is 12.1 Å². The molecular formula is C17H22ClN3O2. The molecule has 5 nitrogen and oxygen atoms in total. The van der Waals surface area contributed by atoms with Crippen molar-refractivity contribution >= 4 is 17.6 Å². The van der Waals surface area contributed by atoms with E-state index in [1.165, 1.54) is 7.11 Å². The van der Waals surface area contributed by atoms with E-state index >= 15 is 0 Å². The van der Waals surface area contributed by atoms with Crippen LogP contribution in [0.4, 0.5) is 0 Å². The number of methoxy groups -OCH3 is 1. The Hall–Kier alpha value is -1.85. The van der Waals surface area contributed by atoms with Gasteiger partial charge in [-0.05, 0) is 56.6 Å². The van der Waals surface area contributed by atoms with Crippen molar-refractivity contribution in [2.24, 2.45) is 0 Å². The number of carbonyl (C=O) groups is 1. The fourth-order valence-electron chi connectivity index (χ4n) is 2.33. The second kappa shape index (κ2) is 8.70. The van der Waals surface area contributed by atoms with Gasteiger partial charge in [0.15, 0.2) is 5.69 Å². The first-order valence-corrected chi connectivity index (χ1v) is 8.17. The third kappa shape index (κ3) is 4.81. The molecule has 23 heavy (non-hydrogen) atoms. The highest BCUT2D eigenvalue weighted by Gasteiger charge is 2.18. The predicted molar refractivity (Wildman–Crippen MR) is 91.9 cm³/mol. The number of benzene rings is 1. The van der Waals surface area contributed by atoms with Crippen molar-refractivity contribution in [3.8, 4) is 11.4 Å². The minimum absolute atomic E-state index is 0.362. The van der Waals surface area contributed by atoms with Crippen molar-refractivity contribution in [2.75, 3.05) is 20.2 Å². The first-order chi connectivity index (χ1) is 11.2. The number of imidazole rings is 1. The summed E-state index contributed by atoms with van der Waals surface area (Å²) < 4.78 is 4.84. The van der Waals surface area contributed by atoms with Gasteiger partial charge in [-0.25, -0.2) is 9.78 Å². The van der Waals surface area contributed by atoms with E-state index in [1.807, 2.05) is 12.1 Å². The molecule has 0 atom stereocenters. The fourth-order valence-corrected chi connectivity index (χ4v) is 2.45. The number of aryl methyl sites for hydroxylation is 1. The van der Waals surface area contributed by atoms with Crippen LogP contribution in [0.5, 0.6) is 0 Å². The van der Waals surface area contributed by atoms with Crippen molar-refractivity contribution in [3.63, 3.8) is 0 Å². The largest absolute Gasteiger partial charge is 0.464 e. The third-order valence-electron chi connectivity index (χ3n) is 3.56. The van der Waals surface area contributed by atoms with E-state index in [2.05, 4.69) is 22.2 Å². The standard InChI is InChI=1S/C17H22ClN3O2/c1-3-19-11-5-4-6-14-15(17(22)23-2)21-16(20-14)12-7-9-13(18)10-8-12/h7-10,19H,3-6,11H2,1-2H3,(H,20,21). The molecule has 124 valence electrons. The van der Waals surface area contributed by atoms with Crippen molar-refractivity contribution in [1.82, 2.24) is 15.3 Å². The van der Waals surface area contributed by atoms with Gasteiger partial charge in [-0.2, -0.15) is 0 Å². The highest BCUT2D eigenvalue weighted by molar-refractivity contribution is 6.30. The van der Waals surface area contributed by atoms with Crippen LogP contribution in [0.1, 0.15) is 35.9 Å². The Balaban J connectivity index is 2.15. The van der Waals surface area contributed by atoms with Gasteiger partial charge in [-0.1, -0.05) is 18.5 Å². The molecule has 0 unspecified atom stereocenters. The maximum absolute atomic E-state index is 11.9. The number of ether oxygens (including phenoxy) is 1. The third-order valence-corrected chi connectivity index (χ3v) is 3.81. The van der Waals surface area contributed by atoms with Crippen molar-refractivity contribution in [2.45, 2.75) is 26.2 Å². The van der Waals surface area contributed by atoms with Crippen LogP contribution < -0.4 is 5.32 Å². The number of carbonyl (C=O) groups excluding carboxylic acids is 1. The summed E-state index contributed by atoms with van der Waals surface area (Å²) in [4.78, 5) is 19.6. The molecule has 0 saturated carbocycles. The molecule has 1 aromatic heterocycles. The van der Waals surface area contributed by atoms with E-state index in [4.69, 9.17) is 16.3 Å². The number of H-pyrrole nitrogens is 1. The Morgan fingerprint density at radius 3 is 2.70 bits per heavy atom. The zero-order valence-electron chi connectivity index (χ0n) is 13.5. The van der Waals surface area contributed by atoms with Gasteiger partial charge >= 0.3 is 5.97 Å². The highest BCUT2D eigenvalue weighted by atomic mass is 35.5. The normalized spacial score (nSPS) is 10.7. The Morgan fingerprint density at radius 1 is 1.30 bits per heavy atom. The maximum Gasteiger partial charge on any atom is 0.358 e. The van der Waals surface area contributed by atoms with Crippen LogP contribution >= 0.6 is 11.6 Å². The average molecular weight is 336 g/mol. The summed E-state index contributed by atoms with van der Waals surface area (Å²) in [6.45, 7) is 4.03. The maximum atomic E-state index is 11.9. The lowest BCUT2D eigenvalue weighted by Gasteiger charge is -2.02. The second-order valence-corrected chi connectivity index (χ2v) is 5.66. The number of aromatic nitrogens is 2. The van der Waals surface area contributed by atoms with Gasteiger partial charge in [0, 0.05) is 16.3 Å². The van der Waals surface area contributed by atoms with Gasteiger partial charge in [0.2, 0.25) is 0 Å². The molecule has 6 heteroatoms. The Bertz CT molecular complexity index is 638. The van der Waals surface area contributed by atoms with E-state index in [0.717, 1.165) is 43.6 Å². The minimum atomic E-state index is -0.414. The second-order valence-electron chi connectivity index (χ2n) is 5.22. The van der Waals surface area contributed by atoms with E-state index in [-0.39, 0.29) is 0 Å². The monoisotopic (exact) mass is 335 g/mol. The first-order valence-electron chi connectivity index (χ1n) is 7.79. The summed E-state index contributed by atoms with van der Waals surface area (Å²) >= 11 is 5.91. The fraction of sp³-hybridized carbons (Fsp3) is 0.412. The molecule has 0 saturated heterocycles. The number of aromatic amines is 1. The molecule has 0 aliphatic rings. The Kier molecular flexibility index (Phi) is 6.62. The lowest BCUT2D eigenvalue weighted by molar-refractivity contribution is 0.0593. The van der Waals surface area contributed by atoms with E-state index in [9.17, 15) is 4.79 Å². The van der Waals surface area contributed by atoms with Gasteiger partial charge in [0.1, 0.15) is 5.82 Å². The molecule has 2 N–H and O–H groups in total. The molecule has 0 aliphatic carbocycles. The van der Waals surface area contributed by atoms with Crippen molar-refractivity contribution < 1.29 is 9.53 Å². The van der Waals surface area contributed by atoms with Gasteiger partial charge < -0.3 is 15.0 Å². The van der Waals surface area contributed by atoms with Crippen LogP contribution in [-0.4, -0.2) is 36.1 Å². The van der Waals surface area contributed by atoms with Crippen LogP contribution in [0, 0.1) is 0 Å². The number of hydrogen-bond acceptors (Lipinski definition) is 4. The summed E-state index contributed by atoms with van der Waals surface area (Å²) in [6, 6.07) is 7.34. The van der Waals surface area contributed by atoms with Crippen LogP contribution in [-0.2, 0) is 11.2 Å². The molecule has 1 aromatic carbocycles. The first kappa shape index (κ1) is 17.5. The van der Waals surface area contributed by atoms with Crippen LogP contribution in [0.25, 0.3) is 11.4 Å². The summed E-state index contributed by atoms with van der Waals surface area (Å²) in [5.41, 5.74) is 2.07. The van der Waals surface area contributed by atoms with Gasteiger partial charge in [-0.15, -0.1) is 0 Å². The molecular weight excluding hydrogens is 314 g/mol. The molecule has 0 spiro atoms. The summed E-state index contributed by atoms with van der Waals surface area (Å²) in [6.07, 6.45) is 2.78. The van der Waals surface area contributed by atoms with Gasteiger partial charge in [0.05, 0.1) is 7.11 Å². The molecule has 1 heterocycles. The van der Waals surface area contributed by atoms with Crippen LogP contribution in [0.2, 0.25) is 5.02 Å². The topological polar surface area (TPSA) is 67.0 Å². The lowest BCUT2D eigenvalue weighted by atomic mass is 10.1. The van der Waals surface area contributed by atoms with Crippen molar-refractivity contribution in [1.29, 1.82) is 0 Å². The molecule has 0 amide bonds. The number of esters is 1. The number of hydrogen-bond donors (Lipinski definition) is 2. The quantitative estimate of drug-likeness (QED) is 0.572. The number of nitrogens with one attached hydrogen (secondary N) is 2. The molecule has 0 bridgehead atoms. The number of halogens is 1. The summed E-state index contributed by atoms with van der Waals surface area (Å²) in [5, 5.41) is 3.95. The van der Waals surface area contributed by atoms with Gasteiger partial charge in [-0.3, -0.25) is 0 Å². The van der Waals surface area contributed by atoms with Crippen molar-refractivity contribution in [3.05, 3.63) is 40.7 Å². The number of unbranched alkanes of at least 4 members (excludes halogenated alkanes) is 1. The summed E-state index contributed by atoms with van der Waals surface area (Å²) in [5.74, 6) is 0.242. The van der Waals surface area contributed by atoms with Gasteiger partial charge in [0.25, 0.3) is 0 Å². The minimum Gasteiger partial charge on any atom is -0.464 e. The Labute approximate surface area is 141 Å². The predicted octanol–water partition coefficient (Wildman–Crippen LogP) is 3.45. The number of nitrogens with zero attached hydrogens (tertiary/aromatic N) is 1. The van der Waals surface area contributed by atoms with Crippen LogP contribution in [0.15, 0.2) is 24.3 Å². The SMILES string of the molecule is CCNCCCCc1[nH]c(-c2ccc(Cl)cc2)nc1C(=O)OC. The highest BCUT2D eigenvalue weighted by Crippen LogP contribution is 2.22. The molecule has 0 aliphatic heterocycles. The van der Waals surface area contributed by atoms with Crippen LogP contribution in [0.3, 0.4) is 0 Å². The molecule has 0 fully saturated rings. The summed E-state index contributed by atoms with van der Waals surface area (Å²) in [7, 11) is 1.37. The lowest BCUT2D eigenvalue weighted by Crippen LogP contribution is -2.14. The van der Waals surface area contributed by atoms with E-state index in [0.29, 0.717) is 16.5 Å². The average Bonchev–Trinajstić information content (AvgIpc) is 2.99. The number of rotatable bonds is 8. The molecule has 2 aromatic rings. The zero-order chi connectivity index (χ0) is 16.7. The molecule has 2 rings (SSSR count). The zero-order valence-corrected chi connectivity index (χ0v) is 14.2.